The lowest BCUT2D eigenvalue weighted by molar-refractivity contribution is 0.0942. The number of amides is 1. The molecule has 1 amide bonds. The summed E-state index contributed by atoms with van der Waals surface area (Å²) in [4.78, 5) is 12.0. The predicted octanol–water partition coefficient (Wildman–Crippen LogP) is 2.36. The molecule has 1 fully saturated rings. The monoisotopic (exact) mass is 315 g/mol. The van der Waals surface area contributed by atoms with E-state index in [-0.39, 0.29) is 11.2 Å². The lowest BCUT2D eigenvalue weighted by Gasteiger charge is -2.21. The third kappa shape index (κ3) is 4.17. The molecule has 1 aliphatic rings. The van der Waals surface area contributed by atoms with Crippen LogP contribution in [-0.2, 0) is 11.2 Å². The Morgan fingerprint density at radius 2 is 2.10 bits per heavy atom. The van der Waals surface area contributed by atoms with Crippen LogP contribution < -0.4 is 5.32 Å². The molecule has 112 valence electrons. The van der Waals surface area contributed by atoms with E-state index in [1.54, 1.807) is 0 Å². The van der Waals surface area contributed by atoms with Crippen LogP contribution in [0.15, 0.2) is 4.34 Å². The maximum absolute atomic E-state index is 12.0. The fourth-order valence-corrected chi connectivity index (χ4v) is 4.45. The highest BCUT2D eigenvalue weighted by molar-refractivity contribution is 7.93. The van der Waals surface area contributed by atoms with Crippen molar-refractivity contribution in [2.24, 2.45) is 5.92 Å². The molecule has 0 aliphatic heterocycles. The molecule has 1 aromatic heterocycles. The van der Waals surface area contributed by atoms with E-state index in [2.05, 4.69) is 15.5 Å². The van der Waals surface area contributed by atoms with Gasteiger partial charge in [-0.3, -0.25) is 4.79 Å². The van der Waals surface area contributed by atoms with Gasteiger partial charge in [0.1, 0.15) is 5.25 Å². The molecule has 1 aliphatic carbocycles. The summed E-state index contributed by atoms with van der Waals surface area (Å²) in [7, 11) is 0. The van der Waals surface area contributed by atoms with Gasteiger partial charge in [-0.25, -0.2) is 0 Å². The van der Waals surface area contributed by atoms with E-state index in [4.69, 9.17) is 0 Å². The summed E-state index contributed by atoms with van der Waals surface area (Å²) in [5.41, 5.74) is 0. The molecule has 2 rings (SSSR count). The molecule has 1 atom stereocenters. The smallest absolute Gasteiger partial charge is 0.322 e. The second kappa shape index (κ2) is 7.38. The number of carbonyl (C=O) groups is 1. The van der Waals surface area contributed by atoms with Gasteiger partial charge in [0.25, 0.3) is 5.91 Å². The first-order valence-electron chi connectivity index (χ1n) is 7.10. The minimum atomic E-state index is -1.17. The zero-order valence-corrected chi connectivity index (χ0v) is 13.6. The van der Waals surface area contributed by atoms with Gasteiger partial charge in [0, 0.05) is 17.7 Å². The van der Waals surface area contributed by atoms with Gasteiger partial charge in [-0.2, -0.15) is 0 Å². The minimum Gasteiger partial charge on any atom is -0.609 e. The molecule has 1 heterocycles. The number of carbonyl (C=O) groups excluding carboxylic acids is 1. The van der Waals surface area contributed by atoms with Gasteiger partial charge < -0.3 is 9.87 Å². The SMILES string of the molecule is CC(C)[S+]([O-])c1nnc(C(=O)NCC2CCCCC2)s1. The van der Waals surface area contributed by atoms with E-state index < -0.39 is 11.2 Å². The fraction of sp³-hybridized carbons (Fsp3) is 0.769. The molecule has 0 aromatic carbocycles. The zero-order chi connectivity index (χ0) is 14.5. The van der Waals surface area contributed by atoms with E-state index in [0.717, 1.165) is 11.3 Å². The lowest BCUT2D eigenvalue weighted by Crippen LogP contribution is -2.30. The Hall–Kier alpha value is -0.660. The van der Waals surface area contributed by atoms with Crippen molar-refractivity contribution in [2.75, 3.05) is 6.54 Å². The molecule has 1 unspecified atom stereocenters. The Labute approximate surface area is 126 Å². The molecule has 20 heavy (non-hydrogen) atoms. The first-order valence-corrected chi connectivity index (χ1v) is 9.13. The van der Waals surface area contributed by atoms with Crippen LogP contribution in [0.1, 0.15) is 55.8 Å². The second-order valence-electron chi connectivity index (χ2n) is 5.43. The number of rotatable bonds is 5. The molecule has 0 saturated heterocycles. The maximum Gasteiger partial charge on any atom is 0.322 e. The number of nitrogens with zero attached hydrogens (tertiary/aromatic N) is 2. The predicted molar refractivity (Wildman–Crippen MR) is 80.4 cm³/mol. The van der Waals surface area contributed by atoms with Crippen molar-refractivity contribution in [1.82, 2.24) is 15.5 Å². The topological polar surface area (TPSA) is 77.9 Å². The first kappa shape index (κ1) is 15.7. The number of aromatic nitrogens is 2. The Kier molecular flexibility index (Phi) is 5.80. The summed E-state index contributed by atoms with van der Waals surface area (Å²) < 4.78 is 12.3. The Bertz CT molecular complexity index is 445. The van der Waals surface area contributed by atoms with Crippen LogP contribution in [0.25, 0.3) is 0 Å². The van der Waals surface area contributed by atoms with Gasteiger partial charge in [-0.1, -0.05) is 24.4 Å². The molecular weight excluding hydrogens is 294 g/mol. The maximum atomic E-state index is 12.0. The highest BCUT2D eigenvalue weighted by atomic mass is 32.2. The summed E-state index contributed by atoms with van der Waals surface area (Å²) in [6.45, 7) is 4.43. The van der Waals surface area contributed by atoms with Gasteiger partial charge in [0.15, 0.2) is 0 Å². The highest BCUT2D eigenvalue weighted by Gasteiger charge is 2.24. The van der Waals surface area contributed by atoms with E-state index in [9.17, 15) is 9.35 Å². The van der Waals surface area contributed by atoms with Gasteiger partial charge in [0.2, 0.25) is 5.01 Å². The highest BCUT2D eigenvalue weighted by Crippen LogP contribution is 2.23. The van der Waals surface area contributed by atoms with E-state index >= 15 is 0 Å². The van der Waals surface area contributed by atoms with Gasteiger partial charge in [0.05, 0.1) is 0 Å². The van der Waals surface area contributed by atoms with Crippen LogP contribution in [0, 0.1) is 5.92 Å². The Balaban J connectivity index is 1.86. The molecule has 1 saturated carbocycles. The largest absolute Gasteiger partial charge is 0.609 e. The van der Waals surface area contributed by atoms with E-state index in [1.807, 2.05) is 13.8 Å². The number of hydrogen-bond acceptors (Lipinski definition) is 5. The average molecular weight is 315 g/mol. The van der Waals surface area contributed by atoms with E-state index in [0.29, 0.717) is 21.8 Å². The molecule has 5 nitrogen and oxygen atoms in total. The molecule has 1 aromatic rings. The zero-order valence-electron chi connectivity index (χ0n) is 11.9. The summed E-state index contributed by atoms with van der Waals surface area (Å²) in [5.74, 6) is 0.393. The Morgan fingerprint density at radius 3 is 2.75 bits per heavy atom. The third-order valence-corrected chi connectivity index (χ3v) is 6.22. The standard InChI is InChI=1S/C13H21N3O2S2/c1-9(2)20(18)13-16-15-12(19-13)11(17)14-8-10-6-4-3-5-7-10/h9-10H,3-8H2,1-2H3,(H,14,17). The van der Waals surface area contributed by atoms with Gasteiger partial charge >= 0.3 is 4.34 Å². The lowest BCUT2D eigenvalue weighted by atomic mass is 9.89. The third-order valence-electron chi connectivity index (χ3n) is 3.48. The summed E-state index contributed by atoms with van der Waals surface area (Å²) in [6, 6.07) is 0. The quantitative estimate of drug-likeness (QED) is 0.846. The normalized spacial score (nSPS) is 18.2. The van der Waals surface area contributed by atoms with Crippen molar-refractivity contribution in [3.63, 3.8) is 0 Å². The number of hydrogen-bond donors (Lipinski definition) is 1. The Morgan fingerprint density at radius 1 is 1.40 bits per heavy atom. The van der Waals surface area contributed by atoms with Crippen LogP contribution in [0.5, 0.6) is 0 Å². The van der Waals surface area contributed by atoms with Crippen molar-refractivity contribution in [3.8, 4) is 0 Å². The minimum absolute atomic E-state index is 0.0129. The summed E-state index contributed by atoms with van der Waals surface area (Å²) >= 11 is -0.0445. The fourth-order valence-electron chi connectivity index (χ4n) is 2.29. The number of nitrogens with one attached hydrogen (secondary N) is 1. The molecule has 0 radical (unpaired) electrons. The van der Waals surface area contributed by atoms with Crippen molar-refractivity contribution in [3.05, 3.63) is 5.01 Å². The van der Waals surface area contributed by atoms with Gasteiger partial charge in [-0.05, 0) is 43.9 Å². The molecule has 1 N–H and O–H groups in total. The molecular formula is C13H21N3O2S2. The van der Waals surface area contributed by atoms with Crippen LogP contribution in [0.2, 0.25) is 0 Å². The second-order valence-corrected chi connectivity index (χ2v) is 8.59. The molecule has 0 spiro atoms. The van der Waals surface area contributed by atoms with Crippen LogP contribution >= 0.6 is 11.3 Å². The first-order chi connectivity index (χ1) is 9.58. The molecule has 0 bridgehead atoms. The summed E-state index contributed by atoms with van der Waals surface area (Å²) in [6.07, 6.45) is 6.22. The van der Waals surface area contributed by atoms with Crippen molar-refractivity contribution in [2.45, 2.75) is 55.5 Å². The van der Waals surface area contributed by atoms with Crippen molar-refractivity contribution >= 4 is 28.4 Å². The van der Waals surface area contributed by atoms with Crippen molar-refractivity contribution < 1.29 is 9.35 Å². The van der Waals surface area contributed by atoms with E-state index in [1.165, 1.54) is 32.1 Å². The van der Waals surface area contributed by atoms with Crippen molar-refractivity contribution in [1.29, 1.82) is 0 Å². The van der Waals surface area contributed by atoms with Crippen LogP contribution in [0.3, 0.4) is 0 Å². The molecule has 7 heteroatoms. The average Bonchev–Trinajstić information content (AvgIpc) is 2.94. The van der Waals surface area contributed by atoms with Crippen LogP contribution in [-0.4, -0.2) is 32.5 Å². The summed E-state index contributed by atoms with van der Waals surface area (Å²) in [5, 5.41) is 10.9. The van der Waals surface area contributed by atoms with Crippen LogP contribution in [0.4, 0.5) is 0 Å². The van der Waals surface area contributed by atoms with Gasteiger partial charge in [-0.15, -0.1) is 5.10 Å².